The zero-order valence-electron chi connectivity index (χ0n) is 12.6. The molecule has 2 aromatic rings. The standard InChI is InChI=1S/C19H19NO2/c1-16(21)20-13-6-5-8-17-11-7-12-19(14-17)22-15-18-9-3-2-4-10-18/h2-4,7,9-12,14H,6,13,15H2,1H3,(H,20,21). The van der Waals surface area contributed by atoms with Gasteiger partial charge in [-0.15, -0.1) is 0 Å². The number of carbonyl (C=O) groups is 1. The lowest BCUT2D eigenvalue weighted by Gasteiger charge is -2.06. The number of rotatable bonds is 5. The molecule has 1 N–H and O–H groups in total. The van der Waals surface area contributed by atoms with Gasteiger partial charge < -0.3 is 10.1 Å². The lowest BCUT2D eigenvalue weighted by molar-refractivity contribution is -0.118. The molecule has 0 spiro atoms. The van der Waals surface area contributed by atoms with Crippen molar-refractivity contribution in [3.63, 3.8) is 0 Å². The maximum atomic E-state index is 10.7. The average molecular weight is 293 g/mol. The van der Waals surface area contributed by atoms with Crippen molar-refractivity contribution < 1.29 is 9.53 Å². The van der Waals surface area contributed by atoms with Crippen molar-refractivity contribution in [2.75, 3.05) is 6.54 Å². The van der Waals surface area contributed by atoms with Crippen molar-refractivity contribution in [1.82, 2.24) is 5.32 Å². The van der Waals surface area contributed by atoms with Gasteiger partial charge in [-0.05, 0) is 23.8 Å². The van der Waals surface area contributed by atoms with Crippen LogP contribution in [0, 0.1) is 11.8 Å². The molecule has 0 bridgehead atoms. The number of hydrogen-bond donors (Lipinski definition) is 1. The molecule has 0 unspecified atom stereocenters. The van der Waals surface area contributed by atoms with E-state index in [0.29, 0.717) is 19.6 Å². The zero-order chi connectivity index (χ0) is 15.6. The highest BCUT2D eigenvalue weighted by Crippen LogP contribution is 2.14. The van der Waals surface area contributed by atoms with E-state index < -0.39 is 0 Å². The first-order chi connectivity index (χ1) is 10.7. The van der Waals surface area contributed by atoms with Crippen molar-refractivity contribution in [3.8, 4) is 17.6 Å². The minimum absolute atomic E-state index is 0.0295. The molecule has 112 valence electrons. The molecular weight excluding hydrogens is 274 g/mol. The van der Waals surface area contributed by atoms with E-state index in [-0.39, 0.29) is 5.91 Å². The monoisotopic (exact) mass is 293 g/mol. The van der Waals surface area contributed by atoms with Crippen molar-refractivity contribution in [2.45, 2.75) is 20.0 Å². The van der Waals surface area contributed by atoms with Crippen molar-refractivity contribution in [2.24, 2.45) is 0 Å². The Kier molecular flexibility index (Phi) is 6.07. The molecule has 0 aliphatic carbocycles. The number of nitrogens with one attached hydrogen (secondary N) is 1. The Morgan fingerprint density at radius 2 is 1.95 bits per heavy atom. The summed E-state index contributed by atoms with van der Waals surface area (Å²) in [5, 5.41) is 2.72. The molecule has 0 saturated carbocycles. The lowest BCUT2D eigenvalue weighted by atomic mass is 10.2. The summed E-state index contributed by atoms with van der Waals surface area (Å²) in [7, 11) is 0. The second-order valence-electron chi connectivity index (χ2n) is 4.84. The summed E-state index contributed by atoms with van der Waals surface area (Å²) in [5.41, 5.74) is 2.04. The van der Waals surface area contributed by atoms with Crippen LogP contribution in [0.3, 0.4) is 0 Å². The summed E-state index contributed by atoms with van der Waals surface area (Å²) in [6, 6.07) is 17.8. The maximum absolute atomic E-state index is 10.7. The van der Waals surface area contributed by atoms with E-state index in [0.717, 1.165) is 16.9 Å². The molecule has 22 heavy (non-hydrogen) atoms. The van der Waals surface area contributed by atoms with Crippen LogP contribution < -0.4 is 10.1 Å². The van der Waals surface area contributed by atoms with E-state index in [2.05, 4.69) is 17.2 Å². The van der Waals surface area contributed by atoms with Crippen LogP contribution in [0.1, 0.15) is 24.5 Å². The van der Waals surface area contributed by atoms with E-state index in [1.54, 1.807) is 0 Å². The Labute approximate surface area is 131 Å². The van der Waals surface area contributed by atoms with Gasteiger partial charge in [-0.25, -0.2) is 0 Å². The maximum Gasteiger partial charge on any atom is 0.216 e. The molecule has 2 rings (SSSR count). The summed E-state index contributed by atoms with van der Waals surface area (Å²) >= 11 is 0. The van der Waals surface area contributed by atoms with E-state index in [1.165, 1.54) is 6.92 Å². The predicted molar refractivity (Wildman–Crippen MR) is 87.4 cm³/mol. The summed E-state index contributed by atoms with van der Waals surface area (Å²) in [6.07, 6.45) is 0.634. The Morgan fingerprint density at radius 1 is 1.14 bits per heavy atom. The normalized spacial score (nSPS) is 9.50. The van der Waals surface area contributed by atoms with Gasteiger partial charge in [0.15, 0.2) is 0 Å². The molecule has 0 fully saturated rings. The number of benzene rings is 2. The van der Waals surface area contributed by atoms with Crippen LogP contribution in [-0.2, 0) is 11.4 Å². The molecule has 0 aliphatic rings. The molecule has 3 nitrogen and oxygen atoms in total. The molecule has 0 saturated heterocycles. The van der Waals surface area contributed by atoms with Crippen LogP contribution in [0.25, 0.3) is 0 Å². The van der Waals surface area contributed by atoms with E-state index >= 15 is 0 Å². The lowest BCUT2D eigenvalue weighted by Crippen LogP contribution is -2.20. The third kappa shape index (κ3) is 5.72. The van der Waals surface area contributed by atoms with Gasteiger partial charge in [-0.3, -0.25) is 4.79 Å². The van der Waals surface area contributed by atoms with Crippen LogP contribution in [-0.4, -0.2) is 12.5 Å². The molecule has 0 radical (unpaired) electrons. The smallest absolute Gasteiger partial charge is 0.216 e. The quantitative estimate of drug-likeness (QED) is 0.679. The second kappa shape index (κ2) is 8.53. The number of carbonyl (C=O) groups excluding carboxylic acids is 1. The summed E-state index contributed by atoms with van der Waals surface area (Å²) in [5.74, 6) is 6.89. The summed E-state index contributed by atoms with van der Waals surface area (Å²) < 4.78 is 5.77. The van der Waals surface area contributed by atoms with Crippen LogP contribution in [0.4, 0.5) is 0 Å². The topological polar surface area (TPSA) is 38.3 Å². The Morgan fingerprint density at radius 3 is 2.73 bits per heavy atom. The van der Waals surface area contributed by atoms with Gasteiger partial charge in [0.05, 0.1) is 0 Å². The average Bonchev–Trinajstić information content (AvgIpc) is 2.54. The van der Waals surface area contributed by atoms with Crippen LogP contribution in [0.5, 0.6) is 5.75 Å². The van der Waals surface area contributed by atoms with Gasteiger partial charge in [-0.1, -0.05) is 48.2 Å². The first-order valence-corrected chi connectivity index (χ1v) is 7.24. The van der Waals surface area contributed by atoms with Gasteiger partial charge in [0, 0.05) is 25.5 Å². The number of ether oxygens (including phenoxy) is 1. The van der Waals surface area contributed by atoms with Gasteiger partial charge in [0.1, 0.15) is 12.4 Å². The SMILES string of the molecule is CC(=O)NCCC#Cc1cccc(OCc2ccccc2)c1. The molecule has 0 atom stereocenters. The third-order valence-corrected chi connectivity index (χ3v) is 2.94. The van der Waals surface area contributed by atoms with Crippen LogP contribution >= 0.6 is 0 Å². The fourth-order valence-electron chi connectivity index (χ4n) is 1.87. The number of hydrogen-bond acceptors (Lipinski definition) is 2. The fraction of sp³-hybridized carbons (Fsp3) is 0.211. The molecule has 2 aromatic carbocycles. The number of amides is 1. The highest BCUT2D eigenvalue weighted by molar-refractivity contribution is 5.72. The summed E-state index contributed by atoms with van der Waals surface area (Å²) in [6.45, 7) is 2.62. The molecular formula is C19H19NO2. The largest absolute Gasteiger partial charge is 0.489 e. The molecule has 0 aromatic heterocycles. The molecule has 3 heteroatoms. The highest BCUT2D eigenvalue weighted by atomic mass is 16.5. The van der Waals surface area contributed by atoms with Gasteiger partial charge in [-0.2, -0.15) is 0 Å². The van der Waals surface area contributed by atoms with E-state index in [1.807, 2.05) is 54.6 Å². The fourth-order valence-corrected chi connectivity index (χ4v) is 1.87. The van der Waals surface area contributed by atoms with Crippen molar-refractivity contribution >= 4 is 5.91 Å². The Hall–Kier alpha value is -2.73. The minimum atomic E-state index is -0.0295. The Balaban J connectivity index is 1.87. The van der Waals surface area contributed by atoms with Crippen molar-refractivity contribution in [3.05, 3.63) is 65.7 Å². The second-order valence-corrected chi connectivity index (χ2v) is 4.84. The highest BCUT2D eigenvalue weighted by Gasteiger charge is 1.96. The first kappa shape index (κ1) is 15.7. The van der Waals surface area contributed by atoms with Crippen LogP contribution in [0.15, 0.2) is 54.6 Å². The van der Waals surface area contributed by atoms with E-state index in [9.17, 15) is 4.79 Å². The third-order valence-electron chi connectivity index (χ3n) is 2.94. The zero-order valence-corrected chi connectivity index (χ0v) is 12.6. The molecule has 0 heterocycles. The molecule has 1 amide bonds. The van der Waals surface area contributed by atoms with Gasteiger partial charge in [0.25, 0.3) is 0 Å². The van der Waals surface area contributed by atoms with E-state index in [4.69, 9.17) is 4.74 Å². The predicted octanol–water partition coefficient (Wildman–Crippen LogP) is 3.14. The first-order valence-electron chi connectivity index (χ1n) is 7.24. The summed E-state index contributed by atoms with van der Waals surface area (Å²) in [4.78, 5) is 10.7. The minimum Gasteiger partial charge on any atom is -0.489 e. The molecule has 0 aliphatic heterocycles. The van der Waals surface area contributed by atoms with Gasteiger partial charge >= 0.3 is 0 Å². The van der Waals surface area contributed by atoms with Crippen LogP contribution in [0.2, 0.25) is 0 Å². The Bertz CT molecular complexity index is 669. The van der Waals surface area contributed by atoms with Gasteiger partial charge in [0.2, 0.25) is 5.91 Å². The van der Waals surface area contributed by atoms with Crippen molar-refractivity contribution in [1.29, 1.82) is 0 Å².